The van der Waals surface area contributed by atoms with Gasteiger partial charge in [0.25, 0.3) is 0 Å². The number of halogens is 1. The average molecular weight is 326 g/mol. The number of benzene rings is 1. The Morgan fingerprint density at radius 3 is 2.54 bits per heavy atom. The van der Waals surface area contributed by atoms with Crippen LogP contribution in [0.5, 0.6) is 0 Å². The van der Waals surface area contributed by atoms with E-state index in [0.29, 0.717) is 17.9 Å². The van der Waals surface area contributed by atoms with Crippen molar-refractivity contribution in [2.45, 2.75) is 13.3 Å². The summed E-state index contributed by atoms with van der Waals surface area (Å²) in [5, 5.41) is 0. The van der Waals surface area contributed by atoms with Gasteiger partial charge in [0.05, 0.1) is 5.69 Å². The van der Waals surface area contributed by atoms with Crippen molar-refractivity contribution in [3.63, 3.8) is 0 Å². The van der Waals surface area contributed by atoms with Crippen LogP contribution in [-0.4, -0.2) is 47.6 Å². The molecule has 2 aromatic rings. The number of rotatable bonds is 5. The SMILES string of the molecule is CCc1ncnc(N2CCN(C/C=C/c3ccccc3)CC2)c1F. The normalized spacial score (nSPS) is 16.0. The molecule has 0 N–H and O–H groups in total. The summed E-state index contributed by atoms with van der Waals surface area (Å²) in [6.07, 6.45) is 6.38. The Hall–Kier alpha value is -2.27. The van der Waals surface area contributed by atoms with E-state index >= 15 is 0 Å². The molecule has 1 aliphatic heterocycles. The topological polar surface area (TPSA) is 32.3 Å². The van der Waals surface area contributed by atoms with Gasteiger partial charge in [-0.25, -0.2) is 14.4 Å². The van der Waals surface area contributed by atoms with Gasteiger partial charge in [0.1, 0.15) is 6.33 Å². The molecule has 1 aliphatic rings. The number of nitrogens with zero attached hydrogens (tertiary/aromatic N) is 4. The fourth-order valence-electron chi connectivity index (χ4n) is 2.91. The maximum Gasteiger partial charge on any atom is 0.187 e. The zero-order chi connectivity index (χ0) is 16.8. The summed E-state index contributed by atoms with van der Waals surface area (Å²) in [7, 11) is 0. The van der Waals surface area contributed by atoms with Crippen molar-refractivity contribution < 1.29 is 4.39 Å². The highest BCUT2D eigenvalue weighted by Gasteiger charge is 2.21. The molecule has 0 unspecified atom stereocenters. The maximum absolute atomic E-state index is 14.4. The summed E-state index contributed by atoms with van der Waals surface area (Å²) in [5.41, 5.74) is 1.71. The maximum atomic E-state index is 14.4. The highest BCUT2D eigenvalue weighted by atomic mass is 19.1. The quantitative estimate of drug-likeness (QED) is 0.845. The van der Waals surface area contributed by atoms with E-state index in [-0.39, 0.29) is 5.82 Å². The summed E-state index contributed by atoms with van der Waals surface area (Å²) in [6.45, 7) is 6.21. The molecule has 1 fully saturated rings. The van der Waals surface area contributed by atoms with Crippen molar-refractivity contribution in [3.05, 3.63) is 59.8 Å². The van der Waals surface area contributed by atoms with Gasteiger partial charge in [0.15, 0.2) is 11.6 Å². The van der Waals surface area contributed by atoms with E-state index in [1.807, 2.05) is 30.0 Å². The Kier molecular flexibility index (Phi) is 5.54. The number of aryl methyl sites for hydroxylation is 1. The molecular weight excluding hydrogens is 303 g/mol. The zero-order valence-electron chi connectivity index (χ0n) is 14.0. The first-order valence-corrected chi connectivity index (χ1v) is 8.46. The van der Waals surface area contributed by atoms with Crippen LogP contribution < -0.4 is 4.90 Å². The minimum Gasteiger partial charge on any atom is -0.352 e. The predicted molar refractivity (Wildman–Crippen MR) is 95.5 cm³/mol. The predicted octanol–water partition coefficient (Wildman–Crippen LogP) is 3.01. The third-order valence-corrected chi connectivity index (χ3v) is 4.32. The molecular formula is C19H23FN4. The van der Waals surface area contributed by atoms with Crippen LogP contribution in [0.25, 0.3) is 6.08 Å². The van der Waals surface area contributed by atoms with Crippen molar-refractivity contribution in [1.29, 1.82) is 0 Å². The molecule has 0 spiro atoms. The number of hydrogen-bond acceptors (Lipinski definition) is 4. The zero-order valence-corrected chi connectivity index (χ0v) is 14.0. The lowest BCUT2D eigenvalue weighted by Gasteiger charge is -2.35. The minimum atomic E-state index is -0.266. The van der Waals surface area contributed by atoms with E-state index in [0.717, 1.165) is 32.7 Å². The fourth-order valence-corrected chi connectivity index (χ4v) is 2.91. The minimum absolute atomic E-state index is 0.266. The van der Waals surface area contributed by atoms with Crippen LogP contribution in [0.3, 0.4) is 0 Å². The first-order chi connectivity index (χ1) is 11.8. The Balaban J connectivity index is 1.54. The lowest BCUT2D eigenvalue weighted by molar-refractivity contribution is 0.282. The van der Waals surface area contributed by atoms with Crippen LogP contribution in [0.1, 0.15) is 18.2 Å². The second kappa shape index (κ2) is 8.02. The van der Waals surface area contributed by atoms with Crippen molar-refractivity contribution in [3.8, 4) is 0 Å². The highest BCUT2D eigenvalue weighted by Crippen LogP contribution is 2.19. The van der Waals surface area contributed by atoms with Crippen molar-refractivity contribution >= 4 is 11.9 Å². The molecule has 0 aliphatic carbocycles. The van der Waals surface area contributed by atoms with Gasteiger partial charge in [-0.15, -0.1) is 0 Å². The van der Waals surface area contributed by atoms with Crippen LogP contribution in [0.2, 0.25) is 0 Å². The van der Waals surface area contributed by atoms with E-state index in [1.54, 1.807) is 0 Å². The number of hydrogen-bond donors (Lipinski definition) is 0. The van der Waals surface area contributed by atoms with Gasteiger partial charge in [0, 0.05) is 32.7 Å². The second-order valence-corrected chi connectivity index (χ2v) is 5.91. The van der Waals surface area contributed by atoms with E-state index in [1.165, 1.54) is 11.9 Å². The standard InChI is InChI=1S/C19H23FN4/c1-2-17-18(20)19(22-15-21-17)24-13-11-23(12-14-24)10-6-9-16-7-4-3-5-8-16/h3-9,15H,2,10-14H2,1H3/b9-6+. The summed E-state index contributed by atoms with van der Waals surface area (Å²) >= 11 is 0. The molecule has 1 saturated heterocycles. The molecule has 4 nitrogen and oxygen atoms in total. The smallest absolute Gasteiger partial charge is 0.187 e. The molecule has 5 heteroatoms. The Morgan fingerprint density at radius 1 is 1.08 bits per heavy atom. The molecule has 1 aromatic carbocycles. The first-order valence-electron chi connectivity index (χ1n) is 8.46. The fraction of sp³-hybridized carbons (Fsp3) is 0.368. The van der Waals surface area contributed by atoms with E-state index < -0.39 is 0 Å². The Morgan fingerprint density at radius 2 is 1.83 bits per heavy atom. The van der Waals surface area contributed by atoms with E-state index in [2.05, 4.69) is 39.2 Å². The highest BCUT2D eigenvalue weighted by molar-refractivity contribution is 5.48. The molecule has 0 bridgehead atoms. The summed E-state index contributed by atoms with van der Waals surface area (Å²) in [6, 6.07) is 10.3. The van der Waals surface area contributed by atoms with Gasteiger partial charge >= 0.3 is 0 Å². The molecule has 0 atom stereocenters. The van der Waals surface area contributed by atoms with Crippen LogP contribution in [0, 0.1) is 5.82 Å². The molecule has 0 saturated carbocycles. The summed E-state index contributed by atoms with van der Waals surface area (Å²) < 4.78 is 14.4. The Bertz CT molecular complexity index is 679. The van der Waals surface area contributed by atoms with Crippen LogP contribution in [0.15, 0.2) is 42.7 Å². The lowest BCUT2D eigenvalue weighted by atomic mass is 10.2. The average Bonchev–Trinajstić information content (AvgIpc) is 2.64. The second-order valence-electron chi connectivity index (χ2n) is 5.91. The number of aromatic nitrogens is 2. The van der Waals surface area contributed by atoms with Gasteiger partial charge in [-0.3, -0.25) is 4.90 Å². The number of piperazine rings is 1. The molecule has 0 radical (unpaired) electrons. The van der Waals surface area contributed by atoms with Gasteiger partial charge in [0.2, 0.25) is 0 Å². The van der Waals surface area contributed by atoms with E-state index in [9.17, 15) is 4.39 Å². The van der Waals surface area contributed by atoms with Crippen LogP contribution in [-0.2, 0) is 6.42 Å². The monoisotopic (exact) mass is 326 g/mol. The number of anilines is 1. The van der Waals surface area contributed by atoms with E-state index in [4.69, 9.17) is 0 Å². The molecule has 24 heavy (non-hydrogen) atoms. The molecule has 2 heterocycles. The molecule has 0 amide bonds. The third-order valence-electron chi connectivity index (χ3n) is 4.32. The van der Waals surface area contributed by atoms with Gasteiger partial charge in [-0.05, 0) is 12.0 Å². The van der Waals surface area contributed by atoms with Crippen LogP contribution >= 0.6 is 0 Å². The molecule has 1 aromatic heterocycles. The molecule has 3 rings (SSSR count). The third kappa shape index (κ3) is 3.97. The van der Waals surface area contributed by atoms with Crippen molar-refractivity contribution in [1.82, 2.24) is 14.9 Å². The van der Waals surface area contributed by atoms with Crippen molar-refractivity contribution in [2.75, 3.05) is 37.6 Å². The Labute approximate surface area is 142 Å². The largest absolute Gasteiger partial charge is 0.352 e. The van der Waals surface area contributed by atoms with Crippen LogP contribution in [0.4, 0.5) is 10.2 Å². The summed E-state index contributed by atoms with van der Waals surface area (Å²) in [5.74, 6) is 0.179. The summed E-state index contributed by atoms with van der Waals surface area (Å²) in [4.78, 5) is 12.5. The lowest BCUT2D eigenvalue weighted by Crippen LogP contribution is -2.47. The van der Waals surface area contributed by atoms with Crippen molar-refractivity contribution in [2.24, 2.45) is 0 Å². The first kappa shape index (κ1) is 16.6. The molecule has 126 valence electrons. The van der Waals surface area contributed by atoms with Gasteiger partial charge in [-0.2, -0.15) is 0 Å². The van der Waals surface area contributed by atoms with Gasteiger partial charge < -0.3 is 4.90 Å². The van der Waals surface area contributed by atoms with Gasteiger partial charge in [-0.1, -0.05) is 49.4 Å².